The first-order valence-corrected chi connectivity index (χ1v) is 13.5. The van der Waals surface area contributed by atoms with Crippen molar-refractivity contribution < 1.29 is 5.11 Å². The molecule has 1 nitrogen and oxygen atoms in total. The molecular weight excluding hydrogens is 364 g/mol. The molecule has 1 aromatic carbocycles. The van der Waals surface area contributed by atoms with Crippen molar-refractivity contribution in [3.05, 3.63) is 29.8 Å². The van der Waals surface area contributed by atoms with E-state index in [1.165, 1.54) is 128 Å². The first-order chi connectivity index (χ1) is 14.7. The van der Waals surface area contributed by atoms with Crippen LogP contribution in [0.5, 0.6) is 5.75 Å². The number of unbranched alkanes of at least 4 members (excludes halogenated alkanes) is 13. The first kappa shape index (κ1) is 27.1. The molecule has 0 saturated carbocycles. The van der Waals surface area contributed by atoms with E-state index < -0.39 is 0 Å². The van der Waals surface area contributed by atoms with Gasteiger partial charge in [0.2, 0.25) is 0 Å². The average Bonchev–Trinajstić information content (AvgIpc) is 2.75. The predicted molar refractivity (Wildman–Crippen MR) is 135 cm³/mol. The SMILES string of the molecule is CCCCCCCCC(CCCCCCC)(CCCCCCC)c1ccccc1O. The Hall–Kier alpha value is -0.980. The zero-order valence-electron chi connectivity index (χ0n) is 20.7. The van der Waals surface area contributed by atoms with Gasteiger partial charge in [-0.25, -0.2) is 0 Å². The molecule has 0 unspecified atom stereocenters. The largest absolute Gasteiger partial charge is 0.508 e. The molecule has 1 rings (SSSR count). The summed E-state index contributed by atoms with van der Waals surface area (Å²) in [4.78, 5) is 0. The van der Waals surface area contributed by atoms with E-state index >= 15 is 0 Å². The van der Waals surface area contributed by atoms with Gasteiger partial charge in [-0.15, -0.1) is 0 Å². The Morgan fingerprint density at radius 3 is 1.30 bits per heavy atom. The van der Waals surface area contributed by atoms with E-state index in [1.54, 1.807) is 0 Å². The van der Waals surface area contributed by atoms with Gasteiger partial charge in [0.1, 0.15) is 5.75 Å². The summed E-state index contributed by atoms with van der Waals surface area (Å²) in [7, 11) is 0. The number of benzene rings is 1. The minimum atomic E-state index is 0.175. The highest BCUT2D eigenvalue weighted by Gasteiger charge is 2.32. The Kier molecular flexibility index (Phi) is 15.9. The Morgan fingerprint density at radius 1 is 0.533 bits per heavy atom. The molecule has 0 spiro atoms. The maximum Gasteiger partial charge on any atom is 0.119 e. The van der Waals surface area contributed by atoms with Gasteiger partial charge in [0.15, 0.2) is 0 Å². The monoisotopic (exact) mass is 416 g/mol. The van der Waals surface area contributed by atoms with E-state index in [2.05, 4.69) is 32.9 Å². The molecule has 0 atom stereocenters. The van der Waals surface area contributed by atoms with Crippen molar-refractivity contribution in [1.29, 1.82) is 0 Å². The minimum absolute atomic E-state index is 0.175. The van der Waals surface area contributed by atoms with Gasteiger partial charge < -0.3 is 5.11 Å². The molecular formula is C29H52O. The van der Waals surface area contributed by atoms with Crippen molar-refractivity contribution >= 4 is 0 Å². The van der Waals surface area contributed by atoms with Gasteiger partial charge >= 0.3 is 0 Å². The van der Waals surface area contributed by atoms with Gasteiger partial charge in [-0.3, -0.25) is 0 Å². The van der Waals surface area contributed by atoms with Gasteiger partial charge in [-0.1, -0.05) is 142 Å². The van der Waals surface area contributed by atoms with Crippen LogP contribution in [0.4, 0.5) is 0 Å². The summed E-state index contributed by atoms with van der Waals surface area (Å²) in [5, 5.41) is 10.8. The zero-order valence-corrected chi connectivity index (χ0v) is 20.7. The number of para-hydroxylation sites is 1. The lowest BCUT2D eigenvalue weighted by molar-refractivity contribution is 0.289. The number of rotatable bonds is 20. The quantitative estimate of drug-likeness (QED) is 0.210. The summed E-state index contributed by atoms with van der Waals surface area (Å²) in [6.45, 7) is 6.88. The molecule has 174 valence electrons. The second-order valence-corrected chi connectivity index (χ2v) is 9.64. The van der Waals surface area contributed by atoms with Crippen LogP contribution in [-0.2, 0) is 5.41 Å². The second kappa shape index (κ2) is 17.7. The molecule has 0 fully saturated rings. The van der Waals surface area contributed by atoms with E-state index in [-0.39, 0.29) is 5.41 Å². The van der Waals surface area contributed by atoms with Crippen LogP contribution in [0.1, 0.15) is 148 Å². The maximum atomic E-state index is 10.8. The van der Waals surface area contributed by atoms with Crippen LogP contribution in [0.15, 0.2) is 24.3 Å². The summed E-state index contributed by atoms with van der Waals surface area (Å²) < 4.78 is 0. The molecule has 0 amide bonds. The first-order valence-electron chi connectivity index (χ1n) is 13.5. The van der Waals surface area contributed by atoms with Crippen LogP contribution < -0.4 is 0 Å². The Bertz CT molecular complexity index is 493. The van der Waals surface area contributed by atoms with Crippen LogP contribution in [0, 0.1) is 0 Å². The van der Waals surface area contributed by atoms with Crippen molar-refractivity contribution in [2.75, 3.05) is 0 Å². The van der Waals surface area contributed by atoms with E-state index in [4.69, 9.17) is 0 Å². The topological polar surface area (TPSA) is 20.2 Å². The third kappa shape index (κ3) is 10.9. The Balaban J connectivity index is 2.85. The van der Waals surface area contributed by atoms with Crippen LogP contribution >= 0.6 is 0 Å². The van der Waals surface area contributed by atoms with Crippen LogP contribution in [0.3, 0.4) is 0 Å². The summed E-state index contributed by atoms with van der Waals surface area (Å²) in [6, 6.07) is 8.26. The smallest absolute Gasteiger partial charge is 0.119 e. The lowest BCUT2D eigenvalue weighted by Gasteiger charge is -2.36. The fourth-order valence-electron chi connectivity index (χ4n) is 5.08. The third-order valence-corrected chi connectivity index (χ3v) is 7.00. The summed E-state index contributed by atoms with van der Waals surface area (Å²) in [5.41, 5.74) is 1.42. The highest BCUT2D eigenvalue weighted by atomic mass is 16.3. The number of phenols is 1. The highest BCUT2D eigenvalue weighted by Crippen LogP contribution is 2.44. The molecule has 0 aliphatic heterocycles. The van der Waals surface area contributed by atoms with Crippen molar-refractivity contribution in [1.82, 2.24) is 0 Å². The number of hydrogen-bond acceptors (Lipinski definition) is 1. The van der Waals surface area contributed by atoms with Crippen molar-refractivity contribution in [2.24, 2.45) is 0 Å². The molecule has 1 aromatic rings. The summed E-state index contributed by atoms with van der Waals surface area (Å²) >= 11 is 0. The molecule has 0 bridgehead atoms. The number of aromatic hydroxyl groups is 1. The van der Waals surface area contributed by atoms with Crippen molar-refractivity contribution in [3.63, 3.8) is 0 Å². The average molecular weight is 417 g/mol. The fourth-order valence-corrected chi connectivity index (χ4v) is 5.08. The molecule has 0 radical (unpaired) electrons. The summed E-state index contributed by atoms with van der Waals surface area (Å²) in [6.07, 6.45) is 25.2. The number of phenolic OH excluding ortho intramolecular Hbond substituents is 1. The molecule has 0 saturated heterocycles. The molecule has 0 aromatic heterocycles. The molecule has 0 aliphatic carbocycles. The van der Waals surface area contributed by atoms with Crippen molar-refractivity contribution in [2.45, 2.75) is 148 Å². The van der Waals surface area contributed by atoms with Crippen molar-refractivity contribution in [3.8, 4) is 5.75 Å². The van der Waals surface area contributed by atoms with Crippen LogP contribution in [0.2, 0.25) is 0 Å². The van der Waals surface area contributed by atoms with Crippen LogP contribution in [0.25, 0.3) is 0 Å². The molecule has 0 aliphatic rings. The van der Waals surface area contributed by atoms with E-state index in [1.807, 2.05) is 12.1 Å². The van der Waals surface area contributed by atoms with E-state index in [0.29, 0.717) is 5.75 Å². The lowest BCUT2D eigenvalue weighted by Crippen LogP contribution is -2.27. The maximum absolute atomic E-state index is 10.8. The van der Waals surface area contributed by atoms with E-state index in [9.17, 15) is 5.11 Å². The minimum Gasteiger partial charge on any atom is -0.508 e. The third-order valence-electron chi connectivity index (χ3n) is 7.00. The van der Waals surface area contributed by atoms with E-state index in [0.717, 1.165) is 0 Å². The van der Waals surface area contributed by atoms with Crippen LogP contribution in [-0.4, -0.2) is 5.11 Å². The van der Waals surface area contributed by atoms with Gasteiger partial charge in [-0.05, 0) is 30.7 Å². The zero-order chi connectivity index (χ0) is 21.9. The molecule has 0 heterocycles. The fraction of sp³-hybridized carbons (Fsp3) is 0.793. The Morgan fingerprint density at radius 2 is 0.900 bits per heavy atom. The van der Waals surface area contributed by atoms with Gasteiger partial charge in [-0.2, -0.15) is 0 Å². The predicted octanol–water partition coefficient (Wildman–Crippen LogP) is 10.1. The standard InChI is InChI=1S/C29H52O/c1-4-7-10-13-16-21-26-29(24-19-14-11-8-5-2,25-20-15-12-9-6-3)27-22-17-18-23-28(27)30/h17-18,22-23,30H,4-16,19-21,24-26H2,1-3H3. The highest BCUT2D eigenvalue weighted by molar-refractivity contribution is 5.38. The molecule has 30 heavy (non-hydrogen) atoms. The van der Waals surface area contributed by atoms with Gasteiger partial charge in [0.25, 0.3) is 0 Å². The van der Waals surface area contributed by atoms with Gasteiger partial charge in [0.05, 0.1) is 0 Å². The number of hydrogen-bond donors (Lipinski definition) is 1. The Labute approximate surface area is 189 Å². The molecule has 1 heteroatoms. The normalized spacial score (nSPS) is 11.8. The van der Waals surface area contributed by atoms with Gasteiger partial charge in [0, 0.05) is 5.56 Å². The lowest BCUT2D eigenvalue weighted by atomic mass is 9.69. The second-order valence-electron chi connectivity index (χ2n) is 9.64. The summed E-state index contributed by atoms with van der Waals surface area (Å²) in [5.74, 6) is 0.533. The molecule has 1 N–H and O–H groups in total.